The van der Waals surface area contributed by atoms with Crippen LogP contribution in [0, 0.1) is 0 Å². The minimum absolute atomic E-state index is 0.638. The van der Waals surface area contributed by atoms with Gasteiger partial charge in [0.05, 0.1) is 0 Å². The molecule has 0 aromatic carbocycles. The highest BCUT2D eigenvalue weighted by Gasteiger charge is 2.48. The maximum absolute atomic E-state index is 13.6. The molecule has 1 nitrogen and oxygen atoms in total. The molecular weight excluding hydrogens is 224 g/mol. The Labute approximate surface area is 108 Å². The van der Waals surface area contributed by atoms with E-state index in [1.807, 2.05) is 0 Å². The molecule has 1 radical (unpaired) electrons. The smallest absolute Gasteiger partial charge is 0.243 e. The molecule has 2 heteroatoms. The lowest BCUT2D eigenvalue weighted by Gasteiger charge is -2.41. The van der Waals surface area contributed by atoms with Gasteiger partial charge in [-0.25, -0.2) is 0 Å². The summed E-state index contributed by atoms with van der Waals surface area (Å²) in [5.74, 6) is 0. The first kappa shape index (κ1) is 13.6. The second-order valence-corrected chi connectivity index (χ2v) is 10.4. The molecule has 0 amide bonds. The van der Waals surface area contributed by atoms with Crippen LogP contribution < -0.4 is 0 Å². The van der Waals surface area contributed by atoms with E-state index in [4.69, 9.17) is 0 Å². The standard InChI is InChI=1S/C15H29OSi/c1-2-13-17(16,14-9-5-3-6-10-14)15-11-7-4-8-12-15/h14-15H,2-13H2,1H3. The molecule has 0 aliphatic heterocycles. The molecule has 2 aliphatic carbocycles. The van der Waals surface area contributed by atoms with E-state index < -0.39 is 8.32 Å². The SMILES string of the molecule is CCC[Si]([O])(C1CCCCC1)C1CCCCC1. The highest BCUT2D eigenvalue weighted by molar-refractivity contribution is 6.75. The normalized spacial score (nSPS) is 25.1. The van der Waals surface area contributed by atoms with E-state index in [-0.39, 0.29) is 0 Å². The van der Waals surface area contributed by atoms with Crippen LogP contribution in [0.5, 0.6) is 0 Å². The minimum atomic E-state index is -2.20. The Morgan fingerprint density at radius 2 is 1.24 bits per heavy atom. The summed E-state index contributed by atoms with van der Waals surface area (Å²) in [5.41, 5.74) is 1.28. The van der Waals surface area contributed by atoms with Crippen LogP contribution in [0.4, 0.5) is 0 Å². The van der Waals surface area contributed by atoms with Crippen molar-refractivity contribution in [1.29, 1.82) is 0 Å². The lowest BCUT2D eigenvalue weighted by atomic mass is 9.99. The van der Waals surface area contributed by atoms with Gasteiger partial charge >= 0.3 is 0 Å². The zero-order chi connectivity index (χ0) is 12.1. The van der Waals surface area contributed by atoms with Gasteiger partial charge in [-0.15, -0.1) is 0 Å². The third-order valence-electron chi connectivity index (χ3n) is 5.23. The van der Waals surface area contributed by atoms with Crippen LogP contribution in [0.2, 0.25) is 17.1 Å². The van der Waals surface area contributed by atoms with E-state index in [0.717, 1.165) is 12.5 Å². The Morgan fingerprint density at radius 3 is 1.59 bits per heavy atom. The van der Waals surface area contributed by atoms with Crippen LogP contribution in [0.15, 0.2) is 0 Å². The van der Waals surface area contributed by atoms with Gasteiger partial charge in [0.1, 0.15) is 0 Å². The first-order chi connectivity index (χ1) is 8.27. The molecule has 0 aromatic rings. The molecule has 0 N–H and O–H groups in total. The molecule has 17 heavy (non-hydrogen) atoms. The Hall–Kier alpha value is 0.177. The van der Waals surface area contributed by atoms with Crippen LogP contribution in [0.1, 0.15) is 77.6 Å². The van der Waals surface area contributed by atoms with Gasteiger partial charge in [0.15, 0.2) is 0 Å². The second kappa shape index (κ2) is 6.37. The topological polar surface area (TPSA) is 19.9 Å². The fraction of sp³-hybridized carbons (Fsp3) is 1.00. The molecule has 0 saturated heterocycles. The summed E-state index contributed by atoms with van der Waals surface area (Å²) < 4.78 is 0. The fourth-order valence-electron chi connectivity index (χ4n) is 4.31. The predicted octanol–water partition coefficient (Wildman–Crippen LogP) is 5.44. The second-order valence-electron chi connectivity index (χ2n) is 6.37. The molecule has 0 spiro atoms. The molecule has 99 valence electrons. The largest absolute Gasteiger partial charge is 0.297 e. The average molecular weight is 253 g/mol. The predicted molar refractivity (Wildman–Crippen MR) is 75.2 cm³/mol. The molecule has 2 rings (SSSR count). The average Bonchev–Trinajstić information content (AvgIpc) is 2.41. The number of hydrogen-bond donors (Lipinski definition) is 0. The van der Waals surface area contributed by atoms with Crippen LogP contribution in [0.25, 0.3) is 0 Å². The minimum Gasteiger partial charge on any atom is -0.297 e. The van der Waals surface area contributed by atoms with Crippen molar-refractivity contribution in [2.45, 2.75) is 94.7 Å². The van der Waals surface area contributed by atoms with Gasteiger partial charge in [-0.2, -0.15) is 0 Å². The molecule has 0 aromatic heterocycles. The molecular formula is C15H29OSi. The van der Waals surface area contributed by atoms with Crippen molar-refractivity contribution in [3.8, 4) is 0 Å². The van der Waals surface area contributed by atoms with Gasteiger partial charge in [0, 0.05) is 0 Å². The van der Waals surface area contributed by atoms with Crippen LogP contribution in [-0.4, -0.2) is 8.32 Å². The summed E-state index contributed by atoms with van der Waals surface area (Å²) in [6.07, 6.45) is 14.4. The van der Waals surface area contributed by atoms with Crippen molar-refractivity contribution in [3.63, 3.8) is 0 Å². The Kier molecular flexibility index (Phi) is 5.10. The highest BCUT2D eigenvalue weighted by atomic mass is 28.4. The number of hydrogen-bond acceptors (Lipinski definition) is 0. The van der Waals surface area contributed by atoms with Gasteiger partial charge in [0.2, 0.25) is 8.32 Å². The van der Waals surface area contributed by atoms with Gasteiger partial charge in [-0.05, 0) is 17.1 Å². The first-order valence-corrected chi connectivity index (χ1v) is 10.2. The molecule has 0 atom stereocenters. The van der Waals surface area contributed by atoms with E-state index in [1.54, 1.807) is 0 Å². The monoisotopic (exact) mass is 253 g/mol. The number of rotatable bonds is 4. The van der Waals surface area contributed by atoms with E-state index in [9.17, 15) is 4.80 Å². The van der Waals surface area contributed by atoms with Crippen LogP contribution in [0.3, 0.4) is 0 Å². The molecule has 0 unspecified atom stereocenters. The van der Waals surface area contributed by atoms with Gasteiger partial charge in [-0.1, -0.05) is 77.6 Å². The maximum atomic E-state index is 13.6. The third-order valence-corrected chi connectivity index (χ3v) is 10.4. The quantitative estimate of drug-likeness (QED) is 0.594. The van der Waals surface area contributed by atoms with E-state index in [2.05, 4.69) is 6.92 Å². The zero-order valence-electron chi connectivity index (χ0n) is 11.5. The molecule has 2 fully saturated rings. The molecule has 2 saturated carbocycles. The third kappa shape index (κ3) is 3.14. The van der Waals surface area contributed by atoms with E-state index in [1.165, 1.54) is 64.2 Å². The van der Waals surface area contributed by atoms with E-state index >= 15 is 0 Å². The van der Waals surface area contributed by atoms with Crippen molar-refractivity contribution < 1.29 is 4.80 Å². The summed E-state index contributed by atoms with van der Waals surface area (Å²) >= 11 is 0. The molecule has 0 bridgehead atoms. The summed E-state index contributed by atoms with van der Waals surface area (Å²) in [6, 6.07) is 1.07. The summed E-state index contributed by atoms with van der Waals surface area (Å²) in [6.45, 7) is 2.23. The van der Waals surface area contributed by atoms with E-state index in [0.29, 0.717) is 11.1 Å². The Morgan fingerprint density at radius 1 is 0.824 bits per heavy atom. The Bertz CT molecular complexity index is 199. The molecule has 0 heterocycles. The first-order valence-electron chi connectivity index (χ1n) is 7.98. The van der Waals surface area contributed by atoms with Crippen molar-refractivity contribution in [1.82, 2.24) is 0 Å². The fourth-order valence-corrected chi connectivity index (χ4v) is 9.35. The Balaban J connectivity index is 2.05. The van der Waals surface area contributed by atoms with Crippen LogP contribution >= 0.6 is 0 Å². The summed E-state index contributed by atoms with van der Waals surface area (Å²) in [5, 5.41) is 0. The lowest BCUT2D eigenvalue weighted by molar-refractivity contribution is 0.322. The van der Waals surface area contributed by atoms with Gasteiger partial charge in [-0.3, -0.25) is 4.80 Å². The maximum Gasteiger partial charge on any atom is 0.243 e. The van der Waals surface area contributed by atoms with Crippen molar-refractivity contribution in [2.75, 3.05) is 0 Å². The van der Waals surface area contributed by atoms with Gasteiger partial charge < -0.3 is 0 Å². The highest BCUT2D eigenvalue weighted by Crippen LogP contribution is 2.49. The van der Waals surface area contributed by atoms with Crippen molar-refractivity contribution >= 4 is 8.32 Å². The van der Waals surface area contributed by atoms with Crippen LogP contribution in [-0.2, 0) is 4.80 Å². The summed E-state index contributed by atoms with van der Waals surface area (Å²) in [4.78, 5) is 13.6. The summed E-state index contributed by atoms with van der Waals surface area (Å²) in [7, 11) is -2.20. The molecule has 2 aliphatic rings. The van der Waals surface area contributed by atoms with Gasteiger partial charge in [0.25, 0.3) is 0 Å². The lowest BCUT2D eigenvalue weighted by Crippen LogP contribution is -2.45. The van der Waals surface area contributed by atoms with Crippen molar-refractivity contribution in [3.05, 3.63) is 0 Å². The zero-order valence-corrected chi connectivity index (χ0v) is 12.5. The van der Waals surface area contributed by atoms with Crippen molar-refractivity contribution in [2.24, 2.45) is 0 Å².